The monoisotopic (exact) mass is 290 g/mol. The number of anilines is 1. The van der Waals surface area contributed by atoms with Crippen LogP contribution in [0, 0.1) is 0 Å². The van der Waals surface area contributed by atoms with Crippen LogP contribution in [0.5, 0.6) is 0 Å². The molecule has 0 radical (unpaired) electrons. The zero-order chi connectivity index (χ0) is 14.4. The van der Waals surface area contributed by atoms with E-state index in [1.54, 1.807) is 7.11 Å². The van der Waals surface area contributed by atoms with Crippen LogP contribution in [-0.2, 0) is 4.74 Å². The Labute approximate surface area is 123 Å². The molecule has 1 aromatic carbocycles. The van der Waals surface area contributed by atoms with Gasteiger partial charge in [0.05, 0.1) is 17.2 Å². The number of aldehydes is 1. The van der Waals surface area contributed by atoms with Crippen molar-refractivity contribution in [2.24, 2.45) is 0 Å². The summed E-state index contributed by atoms with van der Waals surface area (Å²) in [7, 11) is 1.68. The third-order valence-corrected chi connectivity index (χ3v) is 4.06. The Morgan fingerprint density at radius 2 is 2.10 bits per heavy atom. The Morgan fingerprint density at radius 3 is 2.70 bits per heavy atom. The quantitative estimate of drug-likeness (QED) is 0.735. The largest absolute Gasteiger partial charge is 0.383 e. The van der Waals surface area contributed by atoms with Gasteiger partial charge in [-0.05, 0) is 6.92 Å². The zero-order valence-corrected chi connectivity index (χ0v) is 12.5. The van der Waals surface area contributed by atoms with Gasteiger partial charge in [-0.2, -0.15) is 0 Å². The second kappa shape index (κ2) is 7.17. The molecule has 0 aliphatic carbocycles. The van der Waals surface area contributed by atoms with E-state index in [-0.39, 0.29) is 0 Å². The number of carbonyl (C=O) groups excluding carboxylic acids is 1. The highest BCUT2D eigenvalue weighted by Gasteiger charge is 2.16. The van der Waals surface area contributed by atoms with Gasteiger partial charge in [0.2, 0.25) is 0 Å². The molecule has 106 valence electrons. The fourth-order valence-corrected chi connectivity index (χ4v) is 2.92. The van der Waals surface area contributed by atoms with Crippen LogP contribution in [0.25, 0.3) is 11.3 Å². The molecule has 0 fully saturated rings. The van der Waals surface area contributed by atoms with Gasteiger partial charge in [-0.1, -0.05) is 41.7 Å². The van der Waals surface area contributed by atoms with Crippen molar-refractivity contribution < 1.29 is 9.53 Å². The van der Waals surface area contributed by atoms with Crippen LogP contribution in [0.15, 0.2) is 30.3 Å². The topological polar surface area (TPSA) is 42.4 Å². The molecular formula is C15H18N2O2S. The Balaban J connectivity index is 2.33. The summed E-state index contributed by atoms with van der Waals surface area (Å²) in [6.45, 7) is 4.32. The number of ether oxygens (including phenoxy) is 1. The maximum Gasteiger partial charge on any atom is 0.186 e. The lowest BCUT2D eigenvalue weighted by Crippen LogP contribution is -2.26. The normalized spacial score (nSPS) is 10.5. The van der Waals surface area contributed by atoms with Crippen LogP contribution in [0.3, 0.4) is 0 Å². The van der Waals surface area contributed by atoms with E-state index in [2.05, 4.69) is 16.8 Å². The predicted molar refractivity (Wildman–Crippen MR) is 82.7 cm³/mol. The molecule has 0 atom stereocenters. The number of rotatable bonds is 7. The van der Waals surface area contributed by atoms with Gasteiger partial charge < -0.3 is 9.64 Å². The van der Waals surface area contributed by atoms with Crippen LogP contribution in [0.1, 0.15) is 16.6 Å². The highest BCUT2D eigenvalue weighted by atomic mass is 32.1. The van der Waals surface area contributed by atoms with Crippen LogP contribution >= 0.6 is 11.3 Å². The standard InChI is InChI=1S/C15H18N2O2S/c1-3-17(9-10-19-2)15-16-14(13(11-18)20-15)12-7-5-4-6-8-12/h4-8,11H,3,9-10H2,1-2H3. The Morgan fingerprint density at radius 1 is 1.35 bits per heavy atom. The molecule has 0 unspecified atom stereocenters. The van der Waals surface area contributed by atoms with E-state index in [9.17, 15) is 4.79 Å². The number of carbonyl (C=O) groups is 1. The van der Waals surface area contributed by atoms with E-state index in [0.29, 0.717) is 11.5 Å². The molecule has 4 nitrogen and oxygen atoms in total. The maximum atomic E-state index is 11.3. The fourth-order valence-electron chi connectivity index (χ4n) is 1.93. The summed E-state index contributed by atoms with van der Waals surface area (Å²) in [6.07, 6.45) is 0.883. The summed E-state index contributed by atoms with van der Waals surface area (Å²) < 4.78 is 5.11. The molecule has 0 saturated heterocycles. The summed E-state index contributed by atoms with van der Waals surface area (Å²) in [6, 6.07) is 9.79. The lowest BCUT2D eigenvalue weighted by Gasteiger charge is -2.18. The Hall–Kier alpha value is -1.72. The number of methoxy groups -OCH3 is 1. The summed E-state index contributed by atoms with van der Waals surface area (Å²) >= 11 is 1.43. The second-order valence-electron chi connectivity index (χ2n) is 4.27. The van der Waals surface area contributed by atoms with Gasteiger partial charge in [-0.25, -0.2) is 4.98 Å². The highest BCUT2D eigenvalue weighted by molar-refractivity contribution is 7.17. The van der Waals surface area contributed by atoms with Crippen LogP contribution < -0.4 is 4.90 Å². The molecule has 1 aromatic heterocycles. The number of likely N-dealkylation sites (N-methyl/N-ethyl adjacent to an activating group) is 1. The zero-order valence-electron chi connectivity index (χ0n) is 11.7. The molecule has 1 heterocycles. The first-order valence-corrected chi connectivity index (χ1v) is 7.37. The molecule has 0 spiro atoms. The lowest BCUT2D eigenvalue weighted by atomic mass is 10.1. The number of nitrogens with zero attached hydrogens (tertiary/aromatic N) is 2. The number of hydrogen-bond acceptors (Lipinski definition) is 5. The molecule has 0 aliphatic rings. The second-order valence-corrected chi connectivity index (χ2v) is 5.27. The average Bonchev–Trinajstić information content (AvgIpc) is 2.93. The molecule has 0 saturated carbocycles. The number of benzene rings is 1. The average molecular weight is 290 g/mol. The van der Waals surface area contributed by atoms with Crippen molar-refractivity contribution in [2.45, 2.75) is 6.92 Å². The van der Waals surface area contributed by atoms with Crippen molar-refractivity contribution >= 4 is 22.8 Å². The van der Waals surface area contributed by atoms with Gasteiger partial charge in [0.25, 0.3) is 0 Å². The van der Waals surface area contributed by atoms with Crippen molar-refractivity contribution in [1.82, 2.24) is 4.98 Å². The molecule has 2 aromatic rings. The van der Waals surface area contributed by atoms with Crippen LogP contribution in [0.2, 0.25) is 0 Å². The SMILES string of the molecule is CCN(CCOC)c1nc(-c2ccccc2)c(C=O)s1. The third kappa shape index (κ3) is 3.23. The van der Waals surface area contributed by atoms with Crippen molar-refractivity contribution in [3.05, 3.63) is 35.2 Å². The number of thiazole rings is 1. The molecule has 0 bridgehead atoms. The smallest absolute Gasteiger partial charge is 0.186 e. The number of hydrogen-bond donors (Lipinski definition) is 0. The number of aromatic nitrogens is 1. The molecule has 5 heteroatoms. The van der Waals surface area contributed by atoms with Crippen molar-refractivity contribution in [3.8, 4) is 11.3 Å². The van der Waals surface area contributed by atoms with Crippen LogP contribution in [-0.4, -0.2) is 38.1 Å². The van der Waals surface area contributed by atoms with Crippen molar-refractivity contribution in [3.63, 3.8) is 0 Å². The van der Waals surface area contributed by atoms with Gasteiger partial charge in [-0.15, -0.1) is 0 Å². The summed E-state index contributed by atoms with van der Waals surface area (Å²) in [5.74, 6) is 0. The summed E-state index contributed by atoms with van der Waals surface area (Å²) in [5, 5.41) is 0.866. The lowest BCUT2D eigenvalue weighted by molar-refractivity contribution is 0.112. The van der Waals surface area contributed by atoms with E-state index >= 15 is 0 Å². The fraction of sp³-hybridized carbons (Fsp3) is 0.333. The predicted octanol–water partition coefficient (Wildman–Crippen LogP) is 3.10. The molecule has 20 heavy (non-hydrogen) atoms. The van der Waals surface area contributed by atoms with Gasteiger partial charge in [0, 0.05) is 25.8 Å². The minimum Gasteiger partial charge on any atom is -0.383 e. The first-order chi connectivity index (χ1) is 9.80. The summed E-state index contributed by atoms with van der Waals surface area (Å²) in [5.41, 5.74) is 1.73. The minimum absolute atomic E-state index is 0.643. The molecular weight excluding hydrogens is 272 g/mol. The van der Waals surface area contributed by atoms with Gasteiger partial charge in [0.1, 0.15) is 0 Å². The Bertz CT molecular complexity index is 554. The van der Waals surface area contributed by atoms with E-state index in [1.165, 1.54) is 11.3 Å². The van der Waals surface area contributed by atoms with E-state index in [4.69, 9.17) is 4.74 Å². The highest BCUT2D eigenvalue weighted by Crippen LogP contribution is 2.31. The van der Waals surface area contributed by atoms with Crippen molar-refractivity contribution in [1.29, 1.82) is 0 Å². The summed E-state index contributed by atoms with van der Waals surface area (Å²) in [4.78, 5) is 18.7. The van der Waals surface area contributed by atoms with Crippen molar-refractivity contribution in [2.75, 3.05) is 31.7 Å². The van der Waals surface area contributed by atoms with E-state index in [1.807, 2.05) is 30.3 Å². The maximum absolute atomic E-state index is 11.3. The third-order valence-electron chi connectivity index (χ3n) is 3.01. The molecule has 0 amide bonds. The van der Waals surface area contributed by atoms with Gasteiger partial charge in [0.15, 0.2) is 11.4 Å². The van der Waals surface area contributed by atoms with Crippen LogP contribution in [0.4, 0.5) is 5.13 Å². The first-order valence-electron chi connectivity index (χ1n) is 6.55. The van der Waals surface area contributed by atoms with E-state index < -0.39 is 0 Å². The van der Waals surface area contributed by atoms with E-state index in [0.717, 1.165) is 35.8 Å². The van der Waals surface area contributed by atoms with Gasteiger partial charge in [-0.3, -0.25) is 4.79 Å². The molecule has 0 N–H and O–H groups in total. The van der Waals surface area contributed by atoms with Gasteiger partial charge >= 0.3 is 0 Å². The molecule has 2 rings (SSSR count). The Kier molecular flexibility index (Phi) is 5.26. The molecule has 0 aliphatic heterocycles. The minimum atomic E-state index is 0.643. The first kappa shape index (κ1) is 14.7.